The molecule has 0 aromatic rings. The smallest absolute Gasteiger partial charge is 0.323 e. The van der Waals surface area contributed by atoms with Crippen LogP contribution in [-0.2, 0) is 15.0 Å². The molecule has 0 aromatic heterocycles. The van der Waals surface area contributed by atoms with Gasteiger partial charge >= 0.3 is 6.03 Å². The number of imide groups is 1. The molecule has 0 bridgehead atoms. The van der Waals surface area contributed by atoms with Gasteiger partial charge in [-0.05, 0) is 26.7 Å². The van der Waals surface area contributed by atoms with Gasteiger partial charge in [0.15, 0.2) is 0 Å². The highest BCUT2D eigenvalue weighted by Gasteiger charge is 2.53. The number of hydrogen-bond acceptors (Lipinski definition) is 4. The van der Waals surface area contributed by atoms with E-state index in [1.165, 1.54) is 23.3 Å². The summed E-state index contributed by atoms with van der Waals surface area (Å²) in [7, 11) is -0.528. The van der Waals surface area contributed by atoms with Crippen LogP contribution in [0.5, 0.6) is 0 Å². The highest BCUT2D eigenvalue weighted by atomic mass is 32.2. The lowest BCUT2D eigenvalue weighted by Gasteiger charge is -2.37. The first-order valence-corrected chi connectivity index (χ1v) is 8.35. The van der Waals surface area contributed by atoms with Crippen LogP contribution in [0.4, 0.5) is 4.79 Å². The molecular formula is C12H22N4O4S. The molecule has 1 N–H and O–H groups in total. The standard InChI is InChI=1S/C12H22N4O4S/c1-9(2)16-10(17)12(13-11(16)18)5-7-15(8-6-12)21(19,20)14(3)4/h9H,5-8H2,1-4H3,(H,13,18). The van der Waals surface area contributed by atoms with Gasteiger partial charge in [0.25, 0.3) is 16.1 Å². The van der Waals surface area contributed by atoms with Gasteiger partial charge in [0.1, 0.15) is 5.54 Å². The highest BCUT2D eigenvalue weighted by molar-refractivity contribution is 7.86. The monoisotopic (exact) mass is 318 g/mol. The molecule has 0 saturated carbocycles. The van der Waals surface area contributed by atoms with Crippen molar-refractivity contribution in [1.82, 2.24) is 18.8 Å². The summed E-state index contributed by atoms with van der Waals surface area (Å²) in [5, 5.41) is 2.75. The zero-order valence-corrected chi connectivity index (χ0v) is 13.6. The Hall–Kier alpha value is -1.19. The van der Waals surface area contributed by atoms with Crippen LogP contribution in [0.25, 0.3) is 0 Å². The van der Waals surface area contributed by atoms with Gasteiger partial charge in [0.05, 0.1) is 0 Å². The summed E-state index contributed by atoms with van der Waals surface area (Å²) in [6.07, 6.45) is 0.599. The Morgan fingerprint density at radius 2 is 1.71 bits per heavy atom. The van der Waals surface area contributed by atoms with Crippen molar-refractivity contribution in [2.24, 2.45) is 0 Å². The van der Waals surface area contributed by atoms with E-state index in [9.17, 15) is 18.0 Å². The lowest BCUT2D eigenvalue weighted by molar-refractivity contribution is -0.133. The van der Waals surface area contributed by atoms with Crippen LogP contribution in [0.3, 0.4) is 0 Å². The molecule has 2 heterocycles. The number of carbonyl (C=O) groups excluding carboxylic acids is 2. The fraction of sp³-hybridized carbons (Fsp3) is 0.833. The molecule has 0 aromatic carbocycles. The maximum absolute atomic E-state index is 12.5. The van der Waals surface area contributed by atoms with E-state index in [0.29, 0.717) is 12.8 Å². The van der Waals surface area contributed by atoms with E-state index in [1.807, 2.05) is 0 Å². The van der Waals surface area contributed by atoms with Gasteiger partial charge < -0.3 is 5.32 Å². The first-order chi connectivity index (χ1) is 9.62. The minimum Gasteiger partial charge on any atom is -0.323 e. The van der Waals surface area contributed by atoms with Gasteiger partial charge in [0.2, 0.25) is 0 Å². The molecule has 2 fully saturated rings. The summed E-state index contributed by atoms with van der Waals surface area (Å²) in [6, 6.07) is -0.598. The Bertz CT molecular complexity index is 550. The van der Waals surface area contributed by atoms with Crippen molar-refractivity contribution in [3.63, 3.8) is 0 Å². The molecular weight excluding hydrogens is 296 g/mol. The first-order valence-electron chi connectivity index (χ1n) is 6.95. The predicted octanol–water partition coefficient (Wildman–Crippen LogP) is -0.412. The van der Waals surface area contributed by atoms with E-state index in [1.54, 1.807) is 13.8 Å². The highest BCUT2D eigenvalue weighted by Crippen LogP contribution is 2.31. The molecule has 2 aliphatic rings. The Balaban J connectivity index is 2.15. The van der Waals surface area contributed by atoms with Crippen molar-refractivity contribution in [2.75, 3.05) is 27.2 Å². The molecule has 0 unspecified atom stereocenters. The Kier molecular flexibility index (Phi) is 4.02. The molecule has 2 aliphatic heterocycles. The molecule has 2 rings (SSSR count). The summed E-state index contributed by atoms with van der Waals surface area (Å²) < 4.78 is 26.6. The Labute approximate surface area is 125 Å². The van der Waals surface area contributed by atoms with Crippen molar-refractivity contribution in [3.05, 3.63) is 0 Å². The normalized spacial score (nSPS) is 23.4. The minimum absolute atomic E-state index is 0.208. The molecule has 120 valence electrons. The SMILES string of the molecule is CC(C)N1C(=O)NC2(CCN(S(=O)(=O)N(C)C)CC2)C1=O. The Morgan fingerprint density at radius 3 is 2.10 bits per heavy atom. The molecule has 0 aliphatic carbocycles. The van der Waals surface area contributed by atoms with Crippen molar-refractivity contribution in [2.45, 2.75) is 38.3 Å². The van der Waals surface area contributed by atoms with E-state index >= 15 is 0 Å². The Morgan fingerprint density at radius 1 is 1.19 bits per heavy atom. The molecule has 21 heavy (non-hydrogen) atoms. The summed E-state index contributed by atoms with van der Waals surface area (Å²) >= 11 is 0. The molecule has 9 heteroatoms. The van der Waals surface area contributed by atoms with Crippen molar-refractivity contribution in [3.8, 4) is 0 Å². The van der Waals surface area contributed by atoms with E-state index in [2.05, 4.69) is 5.32 Å². The van der Waals surface area contributed by atoms with E-state index in [0.717, 1.165) is 4.31 Å². The van der Waals surface area contributed by atoms with Gasteiger partial charge in [-0.25, -0.2) is 4.79 Å². The van der Waals surface area contributed by atoms with E-state index < -0.39 is 15.7 Å². The average Bonchev–Trinajstić information content (AvgIpc) is 2.61. The predicted molar refractivity (Wildman–Crippen MR) is 76.7 cm³/mol. The number of nitrogens with one attached hydrogen (secondary N) is 1. The van der Waals surface area contributed by atoms with Crippen LogP contribution < -0.4 is 5.32 Å². The third kappa shape index (κ3) is 2.53. The van der Waals surface area contributed by atoms with Crippen LogP contribution >= 0.6 is 0 Å². The lowest BCUT2D eigenvalue weighted by atomic mass is 9.88. The fourth-order valence-electron chi connectivity index (χ4n) is 2.78. The zero-order chi connectivity index (χ0) is 16.0. The second-order valence-electron chi connectivity index (χ2n) is 5.97. The van der Waals surface area contributed by atoms with Crippen LogP contribution in [0.15, 0.2) is 0 Å². The molecule has 1 spiro atoms. The van der Waals surface area contributed by atoms with Crippen molar-refractivity contribution < 1.29 is 18.0 Å². The van der Waals surface area contributed by atoms with Crippen LogP contribution in [-0.4, -0.2) is 72.6 Å². The first kappa shape index (κ1) is 16.2. The number of nitrogens with zero attached hydrogens (tertiary/aromatic N) is 3. The van der Waals surface area contributed by atoms with Gasteiger partial charge in [-0.1, -0.05) is 0 Å². The lowest BCUT2D eigenvalue weighted by Crippen LogP contribution is -2.57. The number of hydrogen-bond donors (Lipinski definition) is 1. The molecule has 0 radical (unpaired) electrons. The summed E-state index contributed by atoms with van der Waals surface area (Å²) in [6.45, 7) is 4.00. The second-order valence-corrected chi connectivity index (χ2v) is 8.11. The number of amides is 3. The topological polar surface area (TPSA) is 90.0 Å². The third-order valence-electron chi connectivity index (χ3n) is 4.07. The maximum Gasteiger partial charge on any atom is 0.325 e. The minimum atomic E-state index is -3.48. The third-order valence-corrected chi connectivity index (χ3v) is 6.01. The summed E-state index contributed by atoms with van der Waals surface area (Å²) in [4.78, 5) is 25.6. The number of carbonyl (C=O) groups is 2. The van der Waals surface area contributed by atoms with Gasteiger partial charge in [0, 0.05) is 33.2 Å². The summed E-state index contributed by atoms with van der Waals surface area (Å²) in [5.74, 6) is -0.246. The van der Waals surface area contributed by atoms with Crippen LogP contribution in [0, 0.1) is 0 Å². The molecule has 8 nitrogen and oxygen atoms in total. The van der Waals surface area contributed by atoms with Crippen molar-refractivity contribution in [1.29, 1.82) is 0 Å². The number of rotatable bonds is 3. The average molecular weight is 318 g/mol. The number of piperidine rings is 1. The van der Waals surface area contributed by atoms with Crippen LogP contribution in [0.1, 0.15) is 26.7 Å². The van der Waals surface area contributed by atoms with Gasteiger partial charge in [-0.3, -0.25) is 9.69 Å². The largest absolute Gasteiger partial charge is 0.325 e. The maximum atomic E-state index is 12.5. The van der Waals surface area contributed by atoms with Crippen molar-refractivity contribution >= 4 is 22.1 Å². The van der Waals surface area contributed by atoms with Crippen LogP contribution in [0.2, 0.25) is 0 Å². The van der Waals surface area contributed by atoms with E-state index in [4.69, 9.17) is 0 Å². The molecule has 2 saturated heterocycles. The van der Waals surface area contributed by atoms with E-state index in [-0.39, 0.29) is 31.1 Å². The second kappa shape index (κ2) is 5.22. The summed E-state index contributed by atoms with van der Waals surface area (Å²) in [5.41, 5.74) is -0.945. The quantitative estimate of drug-likeness (QED) is 0.716. The zero-order valence-electron chi connectivity index (χ0n) is 12.8. The molecule has 3 amide bonds. The van der Waals surface area contributed by atoms with Gasteiger partial charge in [-0.15, -0.1) is 0 Å². The number of urea groups is 1. The molecule has 0 atom stereocenters. The fourth-order valence-corrected chi connectivity index (χ4v) is 3.88. The van der Waals surface area contributed by atoms with Gasteiger partial charge in [-0.2, -0.15) is 17.0 Å².